The van der Waals surface area contributed by atoms with Gasteiger partial charge in [0.2, 0.25) is 0 Å². The zero-order valence-electron chi connectivity index (χ0n) is 12.3. The van der Waals surface area contributed by atoms with Crippen LogP contribution in [0.2, 0.25) is 0 Å². The summed E-state index contributed by atoms with van der Waals surface area (Å²) in [7, 11) is 0. The summed E-state index contributed by atoms with van der Waals surface area (Å²) in [6.45, 7) is -0.199. The molecule has 6 nitrogen and oxygen atoms in total. The molecule has 1 heterocycles. The van der Waals surface area contributed by atoms with Crippen molar-refractivity contribution in [2.24, 2.45) is 0 Å². The Balaban J connectivity index is 1.99. The molecule has 2 N–H and O–H groups in total. The molecule has 0 atom stereocenters. The maximum Gasteiger partial charge on any atom is 0.335 e. The summed E-state index contributed by atoms with van der Waals surface area (Å²) in [5, 5.41) is 26.5. The van der Waals surface area contributed by atoms with E-state index in [1.807, 2.05) is 30.3 Å². The van der Waals surface area contributed by atoms with Gasteiger partial charge in [-0.05, 0) is 29.8 Å². The fraction of sp³-hybridized carbons (Fsp3) is 0.118. The molecule has 2 aromatic carbocycles. The summed E-state index contributed by atoms with van der Waals surface area (Å²) >= 11 is 0. The van der Waals surface area contributed by atoms with Crippen molar-refractivity contribution in [3.63, 3.8) is 0 Å². The first-order chi connectivity index (χ1) is 11.2. The number of carboxylic acid groups (broad SMARTS) is 1. The molecule has 0 amide bonds. The molecule has 6 heteroatoms. The van der Waals surface area contributed by atoms with Crippen LogP contribution < -0.4 is 0 Å². The topological polar surface area (TPSA) is 88.2 Å². The second-order valence-corrected chi connectivity index (χ2v) is 5.07. The minimum Gasteiger partial charge on any atom is -0.478 e. The average molecular weight is 309 g/mol. The first-order valence-corrected chi connectivity index (χ1v) is 7.11. The third-order valence-electron chi connectivity index (χ3n) is 3.57. The number of aliphatic hydroxyl groups is 1. The lowest BCUT2D eigenvalue weighted by Gasteiger charge is -2.08. The van der Waals surface area contributed by atoms with Gasteiger partial charge in [0.05, 0.1) is 23.6 Å². The molecule has 116 valence electrons. The van der Waals surface area contributed by atoms with Crippen LogP contribution in [-0.4, -0.2) is 31.2 Å². The van der Waals surface area contributed by atoms with Crippen LogP contribution in [0.1, 0.15) is 27.3 Å². The third-order valence-corrected chi connectivity index (χ3v) is 3.57. The fourth-order valence-electron chi connectivity index (χ4n) is 2.37. The van der Waals surface area contributed by atoms with Crippen LogP contribution >= 0.6 is 0 Å². The largest absolute Gasteiger partial charge is 0.478 e. The van der Waals surface area contributed by atoms with E-state index in [-0.39, 0.29) is 12.2 Å². The van der Waals surface area contributed by atoms with Gasteiger partial charge in [0.25, 0.3) is 0 Å². The number of carboxylic acids is 1. The standard InChI is InChI=1S/C17H15N3O3/c21-11-15-16(10-12-4-2-1-3-5-12)20(19-18-15)14-8-6-13(7-9-14)17(22)23/h1-9,21H,10-11H2,(H,22,23). The lowest BCUT2D eigenvalue weighted by Crippen LogP contribution is -2.05. The minimum absolute atomic E-state index is 0.199. The Labute approximate surface area is 132 Å². The normalized spacial score (nSPS) is 10.7. The van der Waals surface area contributed by atoms with Gasteiger partial charge >= 0.3 is 5.97 Å². The van der Waals surface area contributed by atoms with Crippen LogP contribution in [0, 0.1) is 0 Å². The molecule has 0 radical (unpaired) electrons. The second-order valence-electron chi connectivity index (χ2n) is 5.07. The summed E-state index contributed by atoms with van der Waals surface area (Å²) in [6, 6.07) is 16.2. The van der Waals surface area contributed by atoms with E-state index in [2.05, 4.69) is 10.3 Å². The second kappa shape index (κ2) is 6.41. The number of rotatable bonds is 5. The Hall–Kier alpha value is -2.99. The molecule has 1 aromatic heterocycles. The molecule has 0 saturated carbocycles. The quantitative estimate of drug-likeness (QED) is 0.753. The summed E-state index contributed by atoms with van der Waals surface area (Å²) in [4.78, 5) is 10.9. The van der Waals surface area contributed by atoms with Crippen molar-refractivity contribution < 1.29 is 15.0 Å². The summed E-state index contributed by atoms with van der Waals surface area (Å²) in [5.41, 5.74) is 3.28. The Bertz CT molecular complexity index is 811. The average Bonchev–Trinajstić information content (AvgIpc) is 2.98. The molecule has 0 bridgehead atoms. The predicted octanol–water partition coefficient (Wildman–Crippen LogP) is 2.05. The summed E-state index contributed by atoms with van der Waals surface area (Å²) in [6.07, 6.45) is 0.574. The van der Waals surface area contributed by atoms with Gasteiger partial charge in [-0.2, -0.15) is 0 Å². The van der Waals surface area contributed by atoms with E-state index >= 15 is 0 Å². The van der Waals surface area contributed by atoms with E-state index < -0.39 is 5.97 Å². The molecule has 3 rings (SSSR count). The van der Waals surface area contributed by atoms with Crippen LogP contribution in [-0.2, 0) is 13.0 Å². The van der Waals surface area contributed by atoms with Crippen LogP contribution in [0.15, 0.2) is 54.6 Å². The van der Waals surface area contributed by atoms with Crippen molar-refractivity contribution in [3.8, 4) is 5.69 Å². The number of hydrogen-bond acceptors (Lipinski definition) is 4. The number of hydrogen-bond donors (Lipinski definition) is 2. The fourth-order valence-corrected chi connectivity index (χ4v) is 2.37. The maximum atomic E-state index is 10.9. The van der Waals surface area contributed by atoms with Crippen molar-refractivity contribution in [2.75, 3.05) is 0 Å². The first-order valence-electron chi connectivity index (χ1n) is 7.11. The number of carbonyl (C=O) groups is 1. The summed E-state index contributed by atoms with van der Waals surface area (Å²) < 4.78 is 1.63. The highest BCUT2D eigenvalue weighted by Gasteiger charge is 2.14. The number of aliphatic hydroxyl groups excluding tert-OH is 1. The van der Waals surface area contributed by atoms with Crippen LogP contribution in [0.4, 0.5) is 0 Å². The van der Waals surface area contributed by atoms with Crippen molar-refractivity contribution in [3.05, 3.63) is 77.1 Å². The van der Waals surface area contributed by atoms with Crippen molar-refractivity contribution in [2.45, 2.75) is 13.0 Å². The van der Waals surface area contributed by atoms with Crippen LogP contribution in [0.3, 0.4) is 0 Å². The molecule has 3 aromatic rings. The molecule has 0 aliphatic heterocycles. The van der Waals surface area contributed by atoms with Gasteiger partial charge in [-0.15, -0.1) is 5.10 Å². The number of aromatic carboxylic acids is 1. The Morgan fingerprint density at radius 2 is 1.74 bits per heavy atom. The van der Waals surface area contributed by atoms with E-state index in [1.54, 1.807) is 16.8 Å². The highest BCUT2D eigenvalue weighted by Crippen LogP contribution is 2.18. The Morgan fingerprint density at radius 1 is 1.04 bits per heavy atom. The molecule has 23 heavy (non-hydrogen) atoms. The third kappa shape index (κ3) is 3.12. The van der Waals surface area contributed by atoms with Crippen LogP contribution in [0.25, 0.3) is 5.69 Å². The highest BCUT2D eigenvalue weighted by molar-refractivity contribution is 5.87. The lowest BCUT2D eigenvalue weighted by molar-refractivity contribution is 0.0697. The van der Waals surface area contributed by atoms with Gasteiger partial charge < -0.3 is 10.2 Å². The molecule has 0 spiro atoms. The molecular formula is C17H15N3O3. The number of nitrogens with zero attached hydrogens (tertiary/aromatic N) is 3. The Morgan fingerprint density at radius 3 is 2.35 bits per heavy atom. The van der Waals surface area contributed by atoms with Crippen molar-refractivity contribution in [1.82, 2.24) is 15.0 Å². The molecular weight excluding hydrogens is 294 g/mol. The highest BCUT2D eigenvalue weighted by atomic mass is 16.4. The lowest BCUT2D eigenvalue weighted by atomic mass is 10.1. The minimum atomic E-state index is -0.976. The van der Waals surface area contributed by atoms with Gasteiger partial charge in [-0.3, -0.25) is 0 Å². The van der Waals surface area contributed by atoms with Crippen molar-refractivity contribution in [1.29, 1.82) is 0 Å². The molecule has 0 fully saturated rings. The molecule has 0 unspecified atom stereocenters. The van der Waals surface area contributed by atoms with Crippen molar-refractivity contribution >= 4 is 5.97 Å². The Kier molecular flexibility index (Phi) is 4.16. The van der Waals surface area contributed by atoms with Gasteiger partial charge in [0, 0.05) is 6.42 Å². The van der Waals surface area contributed by atoms with E-state index in [0.717, 1.165) is 11.3 Å². The first kappa shape index (κ1) is 14.9. The smallest absolute Gasteiger partial charge is 0.335 e. The van der Waals surface area contributed by atoms with E-state index in [9.17, 15) is 9.90 Å². The zero-order valence-corrected chi connectivity index (χ0v) is 12.3. The van der Waals surface area contributed by atoms with Gasteiger partial charge in [0.1, 0.15) is 5.69 Å². The molecule has 0 saturated heterocycles. The summed E-state index contributed by atoms with van der Waals surface area (Å²) in [5.74, 6) is -0.976. The van der Waals surface area contributed by atoms with E-state index in [0.29, 0.717) is 17.8 Å². The van der Waals surface area contributed by atoms with Gasteiger partial charge in [-0.25, -0.2) is 9.48 Å². The van der Waals surface area contributed by atoms with Crippen LogP contribution in [0.5, 0.6) is 0 Å². The van der Waals surface area contributed by atoms with E-state index in [1.165, 1.54) is 12.1 Å². The zero-order chi connectivity index (χ0) is 16.2. The molecule has 0 aliphatic carbocycles. The SMILES string of the molecule is O=C(O)c1ccc(-n2nnc(CO)c2Cc2ccccc2)cc1. The maximum absolute atomic E-state index is 10.9. The monoisotopic (exact) mass is 309 g/mol. The van der Waals surface area contributed by atoms with E-state index in [4.69, 9.17) is 5.11 Å². The number of benzene rings is 2. The molecule has 0 aliphatic rings. The predicted molar refractivity (Wildman–Crippen MR) is 83.5 cm³/mol. The van der Waals surface area contributed by atoms with Gasteiger partial charge in [0.15, 0.2) is 0 Å². The van der Waals surface area contributed by atoms with Gasteiger partial charge in [-0.1, -0.05) is 35.5 Å². The number of aromatic nitrogens is 3.